The SMILES string of the molecule is COC(=O)C1=C(N)C(C(=O)OC)=c2sc(=Cc3ccc(Cl)cc3)c(=O)n2C1c1ccc(Cl)cc1. The van der Waals surface area contributed by atoms with Gasteiger partial charge in [0.25, 0.3) is 5.56 Å². The van der Waals surface area contributed by atoms with E-state index in [9.17, 15) is 14.4 Å². The number of benzene rings is 2. The summed E-state index contributed by atoms with van der Waals surface area (Å²) in [6, 6.07) is 12.6. The summed E-state index contributed by atoms with van der Waals surface area (Å²) in [5.74, 6) is -1.55. The first-order valence-electron chi connectivity index (χ1n) is 9.91. The van der Waals surface area contributed by atoms with Crippen LogP contribution in [0, 0.1) is 0 Å². The van der Waals surface area contributed by atoms with Gasteiger partial charge in [0.1, 0.15) is 10.2 Å². The molecule has 0 saturated carbocycles. The Bertz CT molecular complexity index is 1500. The number of rotatable bonds is 4. The van der Waals surface area contributed by atoms with Crippen molar-refractivity contribution in [3.8, 4) is 0 Å². The second-order valence-corrected chi connectivity index (χ2v) is 9.19. The maximum absolute atomic E-state index is 13.7. The van der Waals surface area contributed by atoms with Gasteiger partial charge in [0.05, 0.1) is 36.1 Å². The maximum atomic E-state index is 13.7. The molecule has 1 unspecified atom stereocenters. The number of fused-ring (bicyclic) bond motifs is 1. The summed E-state index contributed by atoms with van der Waals surface area (Å²) in [6.07, 6.45) is 1.68. The number of halogens is 2. The molecular formula is C24H18Cl2N2O5S. The highest BCUT2D eigenvalue weighted by atomic mass is 35.5. The van der Waals surface area contributed by atoms with Crippen LogP contribution in [0.4, 0.5) is 0 Å². The average molecular weight is 517 g/mol. The molecule has 1 atom stereocenters. The first-order chi connectivity index (χ1) is 16.3. The molecule has 0 fully saturated rings. The third kappa shape index (κ3) is 4.16. The zero-order valence-electron chi connectivity index (χ0n) is 18.0. The van der Waals surface area contributed by atoms with E-state index < -0.39 is 23.5 Å². The van der Waals surface area contributed by atoms with Crippen LogP contribution >= 0.6 is 34.5 Å². The molecule has 3 aromatic rings. The lowest BCUT2D eigenvalue weighted by Crippen LogP contribution is -2.43. The lowest BCUT2D eigenvalue weighted by molar-refractivity contribution is -0.136. The molecule has 0 aliphatic carbocycles. The van der Waals surface area contributed by atoms with Gasteiger partial charge in [-0.1, -0.05) is 47.5 Å². The Morgan fingerprint density at radius 3 is 2.09 bits per heavy atom. The van der Waals surface area contributed by atoms with E-state index in [0.717, 1.165) is 16.9 Å². The summed E-state index contributed by atoms with van der Waals surface area (Å²) >= 11 is 13.1. The van der Waals surface area contributed by atoms with Gasteiger partial charge in [0.15, 0.2) is 0 Å². The second-order valence-electron chi connectivity index (χ2n) is 7.28. The first-order valence-corrected chi connectivity index (χ1v) is 11.5. The molecule has 0 bridgehead atoms. The van der Waals surface area contributed by atoms with Crippen molar-refractivity contribution in [3.05, 3.63) is 101 Å². The van der Waals surface area contributed by atoms with Gasteiger partial charge in [-0.15, -0.1) is 11.3 Å². The minimum absolute atomic E-state index is 0.0457. The number of nitrogens with zero attached hydrogens (tertiary/aromatic N) is 1. The fourth-order valence-corrected chi connectivity index (χ4v) is 5.16. The first kappa shape index (κ1) is 23.8. The number of aromatic nitrogens is 1. The fourth-order valence-electron chi connectivity index (χ4n) is 3.73. The van der Waals surface area contributed by atoms with Crippen LogP contribution in [0.5, 0.6) is 0 Å². The minimum atomic E-state index is -0.941. The largest absolute Gasteiger partial charge is 0.466 e. The molecule has 34 heavy (non-hydrogen) atoms. The van der Waals surface area contributed by atoms with E-state index in [1.807, 2.05) is 0 Å². The Labute approximate surface area is 207 Å². The van der Waals surface area contributed by atoms with Crippen molar-refractivity contribution < 1.29 is 19.1 Å². The number of thiazole rings is 1. The van der Waals surface area contributed by atoms with Crippen molar-refractivity contribution in [1.29, 1.82) is 0 Å². The lowest BCUT2D eigenvalue weighted by Gasteiger charge is -2.27. The van der Waals surface area contributed by atoms with E-state index in [0.29, 0.717) is 20.1 Å². The van der Waals surface area contributed by atoms with Crippen LogP contribution in [-0.2, 0) is 19.1 Å². The fraction of sp³-hybridized carbons (Fsp3) is 0.125. The Hall–Kier alpha value is -3.33. The van der Waals surface area contributed by atoms with Crippen LogP contribution in [-0.4, -0.2) is 30.7 Å². The Morgan fingerprint density at radius 1 is 0.971 bits per heavy atom. The van der Waals surface area contributed by atoms with E-state index in [-0.39, 0.29) is 21.5 Å². The highest BCUT2D eigenvalue weighted by molar-refractivity contribution is 7.07. The number of esters is 2. The summed E-state index contributed by atoms with van der Waals surface area (Å²) in [4.78, 5) is 39.2. The molecule has 0 radical (unpaired) electrons. The van der Waals surface area contributed by atoms with Gasteiger partial charge in [-0.2, -0.15) is 0 Å². The van der Waals surface area contributed by atoms with Gasteiger partial charge in [0, 0.05) is 10.0 Å². The molecule has 2 aromatic carbocycles. The summed E-state index contributed by atoms with van der Waals surface area (Å²) in [6.45, 7) is 0. The minimum Gasteiger partial charge on any atom is -0.466 e. The molecule has 0 saturated heterocycles. The average Bonchev–Trinajstić information content (AvgIpc) is 3.14. The molecule has 10 heteroatoms. The van der Waals surface area contributed by atoms with Crippen molar-refractivity contribution in [2.45, 2.75) is 6.04 Å². The van der Waals surface area contributed by atoms with Crippen molar-refractivity contribution in [1.82, 2.24) is 4.57 Å². The van der Waals surface area contributed by atoms with Crippen LogP contribution in [0.3, 0.4) is 0 Å². The lowest BCUT2D eigenvalue weighted by atomic mass is 9.92. The van der Waals surface area contributed by atoms with Gasteiger partial charge in [-0.05, 0) is 41.5 Å². The molecule has 0 spiro atoms. The molecule has 0 amide bonds. The van der Waals surface area contributed by atoms with Gasteiger partial charge in [-0.25, -0.2) is 9.59 Å². The molecule has 174 valence electrons. The number of hydrogen-bond donors (Lipinski definition) is 1. The molecule has 2 N–H and O–H groups in total. The van der Waals surface area contributed by atoms with Gasteiger partial charge in [-0.3, -0.25) is 9.36 Å². The predicted octanol–water partition coefficient (Wildman–Crippen LogP) is 2.36. The van der Waals surface area contributed by atoms with Crippen LogP contribution < -0.4 is 20.5 Å². The van der Waals surface area contributed by atoms with E-state index >= 15 is 0 Å². The van der Waals surface area contributed by atoms with E-state index in [4.69, 9.17) is 38.4 Å². The van der Waals surface area contributed by atoms with E-state index in [2.05, 4.69) is 0 Å². The van der Waals surface area contributed by atoms with Crippen molar-refractivity contribution in [2.75, 3.05) is 14.2 Å². The smallest absolute Gasteiger partial charge is 0.342 e. The molecular weight excluding hydrogens is 499 g/mol. The number of methoxy groups -OCH3 is 2. The molecule has 2 heterocycles. The molecule has 7 nitrogen and oxygen atoms in total. The Kier molecular flexibility index (Phi) is 6.65. The van der Waals surface area contributed by atoms with E-state index in [1.54, 1.807) is 54.6 Å². The predicted molar refractivity (Wildman–Crippen MR) is 131 cm³/mol. The third-order valence-corrected chi connectivity index (χ3v) is 6.92. The number of carbonyl (C=O) groups excluding carboxylic acids is 2. The zero-order chi connectivity index (χ0) is 24.6. The molecule has 1 aliphatic rings. The molecule has 1 aromatic heterocycles. The molecule has 4 rings (SSSR count). The summed E-state index contributed by atoms with van der Waals surface area (Å²) in [5, 5.41) is 1.04. The summed E-state index contributed by atoms with van der Waals surface area (Å²) < 4.78 is 11.8. The number of nitrogens with two attached hydrogens (primary N) is 1. The third-order valence-electron chi connectivity index (χ3n) is 5.31. The Balaban J connectivity index is 2.11. The Morgan fingerprint density at radius 2 is 1.53 bits per heavy atom. The van der Waals surface area contributed by atoms with E-state index in [1.165, 1.54) is 18.8 Å². The second kappa shape index (κ2) is 9.50. The summed E-state index contributed by atoms with van der Waals surface area (Å²) in [7, 11) is 2.40. The standard InChI is InChI=1S/C24H18Cl2N2O5S/c1-32-23(30)17-19(27)18(24(31)33-2)22-28(20(17)13-5-9-15(26)10-6-13)21(29)16(34-22)11-12-3-7-14(25)8-4-12/h3-11,20H,27H2,1-2H3. The van der Waals surface area contributed by atoms with Gasteiger partial charge < -0.3 is 15.2 Å². The van der Waals surface area contributed by atoms with Gasteiger partial charge >= 0.3 is 11.9 Å². The number of carbonyl (C=O) groups is 2. The van der Waals surface area contributed by atoms with Crippen LogP contribution in [0.25, 0.3) is 11.6 Å². The topological polar surface area (TPSA) is 101 Å². The van der Waals surface area contributed by atoms with Crippen molar-refractivity contribution >= 4 is 58.1 Å². The summed E-state index contributed by atoms with van der Waals surface area (Å²) in [5.41, 5.74) is 7.01. The van der Waals surface area contributed by atoms with Crippen molar-refractivity contribution in [3.63, 3.8) is 0 Å². The quantitative estimate of drug-likeness (QED) is 0.534. The van der Waals surface area contributed by atoms with Gasteiger partial charge in [0.2, 0.25) is 0 Å². The van der Waals surface area contributed by atoms with Crippen LogP contribution in [0.15, 0.2) is 64.6 Å². The highest BCUT2D eigenvalue weighted by Crippen LogP contribution is 2.32. The number of ether oxygens (including phenoxy) is 2. The number of hydrogen-bond acceptors (Lipinski definition) is 7. The molecule has 1 aliphatic heterocycles. The maximum Gasteiger partial charge on any atom is 0.342 e. The monoisotopic (exact) mass is 516 g/mol. The van der Waals surface area contributed by atoms with Crippen molar-refractivity contribution in [2.24, 2.45) is 5.73 Å². The van der Waals surface area contributed by atoms with Crippen LogP contribution in [0.1, 0.15) is 17.2 Å². The normalized spacial score (nSPS) is 15.8. The zero-order valence-corrected chi connectivity index (χ0v) is 20.3. The highest BCUT2D eigenvalue weighted by Gasteiger charge is 2.37. The van der Waals surface area contributed by atoms with Crippen LogP contribution in [0.2, 0.25) is 10.0 Å².